The lowest BCUT2D eigenvalue weighted by Gasteiger charge is -2.60. The van der Waals surface area contributed by atoms with Crippen LogP contribution in [0, 0.1) is 27.9 Å². The molecule has 128 valence electrons. The van der Waals surface area contributed by atoms with Gasteiger partial charge in [-0.2, -0.15) is 0 Å². The second kappa shape index (κ2) is 5.69. The van der Waals surface area contributed by atoms with Gasteiger partial charge in [0.25, 0.3) is 5.69 Å². The summed E-state index contributed by atoms with van der Waals surface area (Å²) in [5, 5.41) is 14.8. The molecule has 4 aliphatic rings. The van der Waals surface area contributed by atoms with E-state index in [4.69, 9.17) is 12.2 Å². The second-order valence-electron chi connectivity index (χ2n) is 7.94. The van der Waals surface area contributed by atoms with Crippen LogP contribution in [0.3, 0.4) is 0 Å². The van der Waals surface area contributed by atoms with Crippen LogP contribution < -0.4 is 5.32 Å². The molecule has 1 aromatic rings. The fraction of sp³-hybridized carbons (Fsp3) is 0.611. The molecule has 5 rings (SSSR count). The molecule has 0 aromatic heterocycles. The molecule has 0 spiro atoms. The van der Waals surface area contributed by atoms with Gasteiger partial charge in [0.15, 0.2) is 5.11 Å². The van der Waals surface area contributed by atoms with Gasteiger partial charge in [-0.15, -0.1) is 0 Å². The Bertz CT molecular complexity index is 655. The van der Waals surface area contributed by atoms with E-state index in [-0.39, 0.29) is 16.1 Å². The van der Waals surface area contributed by atoms with Gasteiger partial charge in [-0.25, -0.2) is 0 Å². The molecule has 1 aromatic carbocycles. The topological polar surface area (TPSA) is 58.4 Å². The van der Waals surface area contributed by atoms with Crippen LogP contribution in [0.4, 0.5) is 11.4 Å². The van der Waals surface area contributed by atoms with Gasteiger partial charge in [0.2, 0.25) is 0 Å². The molecule has 5 nitrogen and oxygen atoms in total. The maximum atomic E-state index is 10.9. The lowest BCUT2D eigenvalue weighted by atomic mass is 9.52. The summed E-state index contributed by atoms with van der Waals surface area (Å²) in [5.41, 5.74) is 0.963. The van der Waals surface area contributed by atoms with Crippen LogP contribution in [-0.4, -0.2) is 27.5 Å². The van der Waals surface area contributed by atoms with E-state index in [1.165, 1.54) is 44.6 Å². The number of non-ortho nitro benzene ring substituents is 1. The molecule has 4 bridgehead atoms. The highest BCUT2D eigenvalue weighted by molar-refractivity contribution is 7.80. The lowest BCUT2D eigenvalue weighted by Crippen LogP contribution is -2.60. The maximum Gasteiger partial charge on any atom is 0.271 e. The number of rotatable bonds is 3. The van der Waals surface area contributed by atoms with Crippen molar-refractivity contribution in [1.82, 2.24) is 4.90 Å². The molecule has 4 saturated carbocycles. The van der Waals surface area contributed by atoms with Crippen molar-refractivity contribution in [2.45, 2.75) is 44.1 Å². The predicted molar refractivity (Wildman–Crippen MR) is 98.0 cm³/mol. The third kappa shape index (κ3) is 2.66. The minimum Gasteiger partial charge on any atom is -0.346 e. The van der Waals surface area contributed by atoms with Crippen LogP contribution in [0.15, 0.2) is 24.3 Å². The molecule has 4 fully saturated rings. The molecule has 0 atom stereocenters. The Morgan fingerprint density at radius 2 is 1.83 bits per heavy atom. The fourth-order valence-electron chi connectivity index (χ4n) is 5.60. The number of nitro groups is 1. The maximum absolute atomic E-state index is 10.9. The quantitative estimate of drug-likeness (QED) is 0.506. The average Bonchev–Trinajstić information content (AvgIpc) is 2.53. The Kier molecular flexibility index (Phi) is 3.75. The van der Waals surface area contributed by atoms with Crippen LogP contribution in [0.5, 0.6) is 0 Å². The van der Waals surface area contributed by atoms with E-state index >= 15 is 0 Å². The standard InChI is InChI=1S/C18H23N3O2S/c1-20(17(24)19-15-3-2-4-16(8-15)21(22)23)18-9-12-5-13(10-18)7-14(6-12)11-18/h2-4,8,12-14H,5-7,9-11H2,1H3,(H,19,24). The van der Waals surface area contributed by atoms with Gasteiger partial charge in [-0.3, -0.25) is 10.1 Å². The summed E-state index contributed by atoms with van der Waals surface area (Å²) in [6.45, 7) is 0. The molecule has 0 saturated heterocycles. The SMILES string of the molecule is CN(C(=S)Nc1cccc([N+](=O)[O-])c1)C12CC3CC(CC(C3)C1)C2. The predicted octanol–water partition coefficient (Wildman–Crippen LogP) is 4.19. The first kappa shape index (κ1) is 15.8. The summed E-state index contributed by atoms with van der Waals surface area (Å²) >= 11 is 5.65. The van der Waals surface area contributed by atoms with Crippen molar-refractivity contribution in [1.29, 1.82) is 0 Å². The minimum absolute atomic E-state index is 0.0836. The van der Waals surface area contributed by atoms with Crippen molar-refractivity contribution in [2.24, 2.45) is 17.8 Å². The first-order chi connectivity index (χ1) is 11.4. The second-order valence-corrected chi connectivity index (χ2v) is 8.33. The molecule has 24 heavy (non-hydrogen) atoms. The van der Waals surface area contributed by atoms with Crippen molar-refractivity contribution in [3.05, 3.63) is 34.4 Å². The highest BCUT2D eigenvalue weighted by atomic mass is 32.1. The molecule has 0 heterocycles. The fourth-order valence-corrected chi connectivity index (χ4v) is 5.91. The Labute approximate surface area is 147 Å². The van der Waals surface area contributed by atoms with Crippen LogP contribution in [0.2, 0.25) is 0 Å². The summed E-state index contributed by atoms with van der Waals surface area (Å²) in [5.74, 6) is 2.58. The highest BCUT2D eigenvalue weighted by Crippen LogP contribution is 2.57. The van der Waals surface area contributed by atoms with Gasteiger partial charge in [0.1, 0.15) is 0 Å². The smallest absolute Gasteiger partial charge is 0.271 e. The summed E-state index contributed by atoms with van der Waals surface area (Å²) in [6, 6.07) is 6.55. The molecule has 0 aliphatic heterocycles. The first-order valence-electron chi connectivity index (χ1n) is 8.74. The van der Waals surface area contributed by atoms with Gasteiger partial charge in [-0.05, 0) is 74.6 Å². The molecule has 6 heteroatoms. The number of hydrogen-bond donors (Lipinski definition) is 1. The van der Waals surface area contributed by atoms with Gasteiger partial charge in [0, 0.05) is 30.4 Å². The number of thiocarbonyl (C=S) groups is 1. The van der Waals surface area contributed by atoms with Crippen molar-refractivity contribution >= 4 is 28.7 Å². The summed E-state index contributed by atoms with van der Waals surface area (Å²) < 4.78 is 0. The van der Waals surface area contributed by atoms with Gasteiger partial charge in [-0.1, -0.05) is 6.07 Å². The molecular formula is C18H23N3O2S. The molecule has 1 N–H and O–H groups in total. The minimum atomic E-state index is -0.378. The Hall–Kier alpha value is -1.69. The third-order valence-electron chi connectivity index (χ3n) is 6.33. The average molecular weight is 345 g/mol. The summed E-state index contributed by atoms with van der Waals surface area (Å²) in [4.78, 5) is 12.8. The van der Waals surface area contributed by atoms with E-state index in [1.807, 2.05) is 6.07 Å². The number of anilines is 1. The highest BCUT2D eigenvalue weighted by Gasteiger charge is 2.53. The van der Waals surface area contributed by atoms with Gasteiger partial charge < -0.3 is 10.2 Å². The van der Waals surface area contributed by atoms with E-state index < -0.39 is 0 Å². The van der Waals surface area contributed by atoms with Gasteiger partial charge >= 0.3 is 0 Å². The van der Waals surface area contributed by atoms with E-state index in [9.17, 15) is 10.1 Å². The summed E-state index contributed by atoms with van der Waals surface area (Å²) in [7, 11) is 2.10. The number of benzene rings is 1. The van der Waals surface area contributed by atoms with Crippen LogP contribution in [0.1, 0.15) is 38.5 Å². The molecule has 0 unspecified atom stereocenters. The largest absolute Gasteiger partial charge is 0.346 e. The number of nitrogens with one attached hydrogen (secondary N) is 1. The van der Waals surface area contributed by atoms with Crippen molar-refractivity contribution in [2.75, 3.05) is 12.4 Å². The van der Waals surface area contributed by atoms with Crippen LogP contribution >= 0.6 is 12.2 Å². The molecule has 4 aliphatic carbocycles. The van der Waals surface area contributed by atoms with E-state index in [0.29, 0.717) is 10.8 Å². The molecular weight excluding hydrogens is 322 g/mol. The molecule has 0 amide bonds. The zero-order chi connectivity index (χ0) is 16.9. The van der Waals surface area contributed by atoms with Crippen molar-refractivity contribution in [3.63, 3.8) is 0 Å². The van der Waals surface area contributed by atoms with Crippen molar-refractivity contribution < 1.29 is 4.92 Å². The lowest BCUT2D eigenvalue weighted by molar-refractivity contribution is -0.384. The van der Waals surface area contributed by atoms with Gasteiger partial charge in [0.05, 0.1) is 4.92 Å². The van der Waals surface area contributed by atoms with Crippen LogP contribution in [0.25, 0.3) is 0 Å². The Morgan fingerprint density at radius 1 is 1.25 bits per heavy atom. The summed E-state index contributed by atoms with van der Waals surface area (Å²) in [6.07, 6.45) is 7.93. The van der Waals surface area contributed by atoms with E-state index in [1.54, 1.807) is 12.1 Å². The van der Waals surface area contributed by atoms with Crippen LogP contribution in [-0.2, 0) is 0 Å². The number of nitro benzene ring substituents is 1. The van der Waals surface area contributed by atoms with E-state index in [2.05, 4.69) is 17.3 Å². The Balaban J connectivity index is 1.50. The molecule has 0 radical (unpaired) electrons. The van der Waals surface area contributed by atoms with Crippen molar-refractivity contribution in [3.8, 4) is 0 Å². The third-order valence-corrected chi connectivity index (χ3v) is 6.71. The monoisotopic (exact) mass is 345 g/mol. The zero-order valence-electron chi connectivity index (χ0n) is 13.9. The Morgan fingerprint density at radius 3 is 2.38 bits per heavy atom. The number of nitrogens with zero attached hydrogens (tertiary/aromatic N) is 2. The van der Waals surface area contributed by atoms with E-state index in [0.717, 1.165) is 17.8 Å². The number of hydrogen-bond acceptors (Lipinski definition) is 3. The normalized spacial score (nSPS) is 33.3. The zero-order valence-corrected chi connectivity index (χ0v) is 14.7. The first-order valence-corrected chi connectivity index (χ1v) is 9.15.